The number of aliphatic carboxylic acids is 1. The Morgan fingerprint density at radius 1 is 1.35 bits per heavy atom. The number of benzene rings is 1. The Morgan fingerprint density at radius 2 is 2.12 bits per heavy atom. The van der Waals surface area contributed by atoms with Crippen LogP contribution in [0.15, 0.2) is 30.3 Å². The molecule has 3 heteroatoms. The van der Waals surface area contributed by atoms with Crippen molar-refractivity contribution >= 4 is 12.0 Å². The summed E-state index contributed by atoms with van der Waals surface area (Å²) in [7, 11) is 0. The summed E-state index contributed by atoms with van der Waals surface area (Å²) in [5, 5.41) is 8.58. The van der Waals surface area contributed by atoms with Gasteiger partial charge < -0.3 is 9.84 Å². The van der Waals surface area contributed by atoms with Gasteiger partial charge in [-0.3, -0.25) is 0 Å². The van der Waals surface area contributed by atoms with Gasteiger partial charge in [0.05, 0.1) is 6.61 Å². The predicted octanol–water partition coefficient (Wildman–Crippen LogP) is 3.35. The molecule has 1 aromatic rings. The van der Waals surface area contributed by atoms with Gasteiger partial charge in [-0.1, -0.05) is 38.0 Å². The summed E-state index contributed by atoms with van der Waals surface area (Å²) in [4.78, 5) is 10.5. The van der Waals surface area contributed by atoms with Crippen LogP contribution in [-0.4, -0.2) is 17.7 Å². The number of unbranched alkanes of at least 4 members (excludes halogenated alkanes) is 2. The molecule has 0 aliphatic heterocycles. The van der Waals surface area contributed by atoms with E-state index in [0.717, 1.165) is 36.7 Å². The summed E-state index contributed by atoms with van der Waals surface area (Å²) >= 11 is 0. The van der Waals surface area contributed by atoms with Gasteiger partial charge in [0.1, 0.15) is 5.75 Å². The van der Waals surface area contributed by atoms with E-state index >= 15 is 0 Å². The summed E-state index contributed by atoms with van der Waals surface area (Å²) in [6.45, 7) is 2.81. The Hall–Kier alpha value is -1.77. The minimum absolute atomic E-state index is 0.672. The first-order valence-electron chi connectivity index (χ1n) is 5.87. The molecule has 0 fully saturated rings. The first-order chi connectivity index (χ1) is 8.24. The Bertz CT molecular complexity index is 383. The average Bonchev–Trinajstić information content (AvgIpc) is 2.33. The molecule has 0 aliphatic rings. The van der Waals surface area contributed by atoms with Gasteiger partial charge in [0.2, 0.25) is 0 Å². The predicted molar refractivity (Wildman–Crippen MR) is 68.1 cm³/mol. The molecule has 1 aromatic carbocycles. The molecule has 0 atom stereocenters. The lowest BCUT2D eigenvalue weighted by atomic mass is 10.2. The van der Waals surface area contributed by atoms with Crippen LogP contribution in [0.25, 0.3) is 6.08 Å². The number of rotatable bonds is 7. The summed E-state index contributed by atoms with van der Waals surface area (Å²) in [5.74, 6) is -0.216. The number of carboxylic acids is 1. The molecule has 1 rings (SSSR count). The Morgan fingerprint density at radius 3 is 2.82 bits per heavy atom. The van der Waals surface area contributed by atoms with Crippen LogP contribution in [0.2, 0.25) is 0 Å². The Kier molecular flexibility index (Phi) is 5.86. The van der Waals surface area contributed by atoms with Crippen molar-refractivity contribution in [3.8, 4) is 5.75 Å². The minimum Gasteiger partial charge on any atom is -0.493 e. The summed E-state index contributed by atoms with van der Waals surface area (Å²) < 4.78 is 5.63. The van der Waals surface area contributed by atoms with Crippen molar-refractivity contribution in [2.24, 2.45) is 0 Å². The lowest BCUT2D eigenvalue weighted by Crippen LogP contribution is -1.98. The standard InChI is InChI=1S/C14H18O3/c1-2-3-6-11-17-13-8-5-4-7-12(13)9-10-14(15)16/h4-5,7-10H,2-3,6,11H2,1H3,(H,15,16)/b10-9+. The number of ether oxygens (including phenoxy) is 1. The molecule has 0 aromatic heterocycles. The summed E-state index contributed by atoms with van der Waals surface area (Å²) in [5.41, 5.74) is 0.798. The molecule has 0 bridgehead atoms. The third-order valence-electron chi connectivity index (χ3n) is 2.33. The van der Waals surface area contributed by atoms with Gasteiger partial charge in [-0.2, -0.15) is 0 Å². The molecule has 92 valence electrons. The van der Waals surface area contributed by atoms with E-state index in [-0.39, 0.29) is 0 Å². The summed E-state index contributed by atoms with van der Waals surface area (Å²) in [6, 6.07) is 7.44. The van der Waals surface area contributed by atoms with Crippen LogP contribution in [0.1, 0.15) is 31.7 Å². The Balaban J connectivity index is 2.61. The maximum Gasteiger partial charge on any atom is 0.328 e. The second kappa shape index (κ2) is 7.49. The molecular formula is C14H18O3. The van der Waals surface area contributed by atoms with Crippen LogP contribution in [-0.2, 0) is 4.79 Å². The zero-order valence-electron chi connectivity index (χ0n) is 10.1. The zero-order chi connectivity index (χ0) is 12.5. The number of carbonyl (C=O) groups is 1. The monoisotopic (exact) mass is 234 g/mol. The van der Waals surface area contributed by atoms with Crippen LogP contribution in [0.5, 0.6) is 5.75 Å². The van der Waals surface area contributed by atoms with Crippen LogP contribution < -0.4 is 4.74 Å². The van der Waals surface area contributed by atoms with Crippen molar-refractivity contribution in [1.82, 2.24) is 0 Å². The van der Waals surface area contributed by atoms with Gasteiger partial charge in [0.15, 0.2) is 0 Å². The van der Waals surface area contributed by atoms with Crippen molar-refractivity contribution < 1.29 is 14.6 Å². The second-order valence-corrected chi connectivity index (χ2v) is 3.76. The number of hydrogen-bond donors (Lipinski definition) is 1. The number of carboxylic acid groups (broad SMARTS) is 1. The highest BCUT2D eigenvalue weighted by Gasteiger charge is 1.99. The number of hydrogen-bond acceptors (Lipinski definition) is 2. The first-order valence-corrected chi connectivity index (χ1v) is 5.87. The first kappa shape index (κ1) is 13.3. The van der Waals surface area contributed by atoms with E-state index < -0.39 is 5.97 Å². The number of para-hydroxylation sites is 1. The van der Waals surface area contributed by atoms with E-state index in [1.54, 1.807) is 6.08 Å². The quantitative estimate of drug-likeness (QED) is 0.581. The van der Waals surface area contributed by atoms with Crippen molar-refractivity contribution in [2.45, 2.75) is 26.2 Å². The van der Waals surface area contributed by atoms with Gasteiger partial charge >= 0.3 is 5.97 Å². The highest BCUT2D eigenvalue weighted by Crippen LogP contribution is 2.19. The van der Waals surface area contributed by atoms with E-state index in [2.05, 4.69) is 6.92 Å². The lowest BCUT2D eigenvalue weighted by molar-refractivity contribution is -0.131. The molecule has 0 radical (unpaired) electrons. The second-order valence-electron chi connectivity index (χ2n) is 3.76. The van der Waals surface area contributed by atoms with Crippen LogP contribution in [0.3, 0.4) is 0 Å². The molecule has 1 N–H and O–H groups in total. The molecule has 0 heterocycles. The third kappa shape index (κ3) is 5.20. The van der Waals surface area contributed by atoms with Crippen LogP contribution >= 0.6 is 0 Å². The largest absolute Gasteiger partial charge is 0.493 e. The molecule has 0 amide bonds. The fourth-order valence-corrected chi connectivity index (χ4v) is 1.44. The average molecular weight is 234 g/mol. The van der Waals surface area contributed by atoms with Gasteiger partial charge in [-0.25, -0.2) is 4.79 Å². The van der Waals surface area contributed by atoms with Crippen molar-refractivity contribution in [3.05, 3.63) is 35.9 Å². The Labute approximate surface area is 102 Å². The van der Waals surface area contributed by atoms with Crippen LogP contribution in [0, 0.1) is 0 Å². The highest BCUT2D eigenvalue weighted by atomic mass is 16.5. The van der Waals surface area contributed by atoms with E-state index in [0.29, 0.717) is 6.61 Å². The molecule has 0 saturated heterocycles. The van der Waals surface area contributed by atoms with E-state index in [1.807, 2.05) is 24.3 Å². The van der Waals surface area contributed by atoms with Crippen LogP contribution in [0.4, 0.5) is 0 Å². The zero-order valence-corrected chi connectivity index (χ0v) is 10.1. The van der Waals surface area contributed by atoms with Gasteiger partial charge in [0, 0.05) is 11.6 Å². The highest BCUT2D eigenvalue weighted by molar-refractivity contribution is 5.85. The van der Waals surface area contributed by atoms with Crippen molar-refractivity contribution in [2.75, 3.05) is 6.61 Å². The van der Waals surface area contributed by atoms with E-state index in [4.69, 9.17) is 9.84 Å². The SMILES string of the molecule is CCCCCOc1ccccc1/C=C/C(=O)O. The van der Waals surface area contributed by atoms with Gasteiger partial charge in [-0.05, 0) is 18.6 Å². The third-order valence-corrected chi connectivity index (χ3v) is 2.33. The molecule has 3 nitrogen and oxygen atoms in total. The van der Waals surface area contributed by atoms with E-state index in [9.17, 15) is 4.79 Å². The fraction of sp³-hybridized carbons (Fsp3) is 0.357. The minimum atomic E-state index is -0.953. The molecule has 0 unspecified atom stereocenters. The molecular weight excluding hydrogens is 216 g/mol. The van der Waals surface area contributed by atoms with Crippen molar-refractivity contribution in [3.63, 3.8) is 0 Å². The molecule has 0 saturated carbocycles. The van der Waals surface area contributed by atoms with E-state index in [1.165, 1.54) is 0 Å². The smallest absolute Gasteiger partial charge is 0.328 e. The van der Waals surface area contributed by atoms with Gasteiger partial charge in [0.25, 0.3) is 0 Å². The topological polar surface area (TPSA) is 46.5 Å². The maximum atomic E-state index is 10.5. The van der Waals surface area contributed by atoms with Crippen molar-refractivity contribution in [1.29, 1.82) is 0 Å². The molecule has 17 heavy (non-hydrogen) atoms. The maximum absolute atomic E-state index is 10.5. The summed E-state index contributed by atoms with van der Waals surface area (Å²) in [6.07, 6.45) is 6.00. The normalized spacial score (nSPS) is 10.6. The molecule has 0 aliphatic carbocycles. The molecule has 0 spiro atoms. The lowest BCUT2D eigenvalue weighted by Gasteiger charge is -2.08. The van der Waals surface area contributed by atoms with Gasteiger partial charge in [-0.15, -0.1) is 0 Å². The fourth-order valence-electron chi connectivity index (χ4n) is 1.44.